The minimum atomic E-state index is -0.234. The third-order valence-corrected chi connectivity index (χ3v) is 3.43. The Morgan fingerprint density at radius 1 is 1.14 bits per heavy atom. The van der Waals surface area contributed by atoms with Gasteiger partial charge in [-0.1, -0.05) is 30.3 Å². The lowest BCUT2D eigenvalue weighted by molar-refractivity contribution is -0.144. The van der Waals surface area contributed by atoms with Crippen molar-refractivity contribution < 1.29 is 19.0 Å². The van der Waals surface area contributed by atoms with Crippen molar-refractivity contribution in [3.8, 4) is 11.5 Å². The SMILES string of the molecule is Cc1ccccc1CC(=O)OCc1ccc2c(c1)OCO2. The summed E-state index contributed by atoms with van der Waals surface area (Å²) in [6, 6.07) is 13.3. The average molecular weight is 284 g/mol. The molecule has 4 nitrogen and oxygen atoms in total. The lowest BCUT2D eigenvalue weighted by atomic mass is 10.1. The smallest absolute Gasteiger partial charge is 0.310 e. The van der Waals surface area contributed by atoms with Gasteiger partial charge in [0.15, 0.2) is 11.5 Å². The van der Waals surface area contributed by atoms with E-state index < -0.39 is 0 Å². The van der Waals surface area contributed by atoms with Gasteiger partial charge in [-0.3, -0.25) is 4.79 Å². The summed E-state index contributed by atoms with van der Waals surface area (Å²) in [5.41, 5.74) is 2.98. The summed E-state index contributed by atoms with van der Waals surface area (Å²) < 4.78 is 15.8. The van der Waals surface area contributed by atoms with Gasteiger partial charge in [-0.2, -0.15) is 0 Å². The highest BCUT2D eigenvalue weighted by Gasteiger charge is 2.14. The molecule has 21 heavy (non-hydrogen) atoms. The third kappa shape index (κ3) is 3.16. The molecule has 2 aromatic carbocycles. The number of esters is 1. The number of hydrogen-bond acceptors (Lipinski definition) is 4. The molecular formula is C17H16O4. The molecule has 0 aromatic heterocycles. The van der Waals surface area contributed by atoms with Crippen LogP contribution in [0.4, 0.5) is 0 Å². The van der Waals surface area contributed by atoms with Crippen LogP contribution >= 0.6 is 0 Å². The number of rotatable bonds is 4. The van der Waals surface area contributed by atoms with Gasteiger partial charge in [0.2, 0.25) is 6.79 Å². The Hall–Kier alpha value is -2.49. The molecule has 108 valence electrons. The molecule has 3 rings (SSSR count). The molecule has 0 saturated heterocycles. The Balaban J connectivity index is 1.58. The molecule has 0 aliphatic carbocycles. The van der Waals surface area contributed by atoms with Crippen LogP contribution in [0.15, 0.2) is 42.5 Å². The van der Waals surface area contributed by atoms with Crippen molar-refractivity contribution in [1.29, 1.82) is 0 Å². The van der Waals surface area contributed by atoms with Crippen molar-refractivity contribution in [2.45, 2.75) is 20.0 Å². The first-order valence-corrected chi connectivity index (χ1v) is 6.81. The number of carbonyl (C=O) groups is 1. The highest BCUT2D eigenvalue weighted by Crippen LogP contribution is 2.32. The Labute approximate surface area is 123 Å². The zero-order chi connectivity index (χ0) is 14.7. The Bertz CT molecular complexity index is 664. The van der Waals surface area contributed by atoms with Crippen LogP contribution in [0.1, 0.15) is 16.7 Å². The van der Waals surface area contributed by atoms with E-state index in [0.717, 1.165) is 22.4 Å². The summed E-state index contributed by atoms with van der Waals surface area (Å²) >= 11 is 0. The number of ether oxygens (including phenoxy) is 3. The number of aryl methyl sites for hydroxylation is 1. The van der Waals surface area contributed by atoms with Gasteiger partial charge >= 0.3 is 5.97 Å². The summed E-state index contributed by atoms with van der Waals surface area (Å²) in [7, 11) is 0. The van der Waals surface area contributed by atoms with Gasteiger partial charge < -0.3 is 14.2 Å². The van der Waals surface area contributed by atoms with Gasteiger partial charge in [0.05, 0.1) is 6.42 Å². The van der Waals surface area contributed by atoms with Crippen LogP contribution < -0.4 is 9.47 Å². The predicted octanol–water partition coefficient (Wildman–Crippen LogP) is 3.01. The standard InChI is InChI=1S/C17H16O4/c1-12-4-2-3-5-14(12)9-17(18)19-10-13-6-7-15-16(8-13)21-11-20-15/h2-8H,9-11H2,1H3. The number of carbonyl (C=O) groups excluding carboxylic acids is 1. The van der Waals surface area contributed by atoms with E-state index in [1.54, 1.807) is 0 Å². The first-order chi connectivity index (χ1) is 10.2. The quantitative estimate of drug-likeness (QED) is 0.810. The monoisotopic (exact) mass is 284 g/mol. The van der Waals surface area contributed by atoms with Crippen molar-refractivity contribution >= 4 is 5.97 Å². The van der Waals surface area contributed by atoms with Crippen LogP contribution in [0, 0.1) is 6.92 Å². The number of hydrogen-bond donors (Lipinski definition) is 0. The highest BCUT2D eigenvalue weighted by molar-refractivity contribution is 5.73. The van der Waals surface area contributed by atoms with Crippen LogP contribution in [-0.2, 0) is 22.6 Å². The molecule has 2 aromatic rings. The molecule has 1 aliphatic heterocycles. The Morgan fingerprint density at radius 2 is 1.95 bits per heavy atom. The molecule has 0 radical (unpaired) electrons. The molecule has 1 heterocycles. The van der Waals surface area contributed by atoms with Crippen molar-refractivity contribution in [1.82, 2.24) is 0 Å². The Kier molecular flexibility index (Phi) is 3.77. The first-order valence-electron chi connectivity index (χ1n) is 6.81. The lowest BCUT2D eigenvalue weighted by Gasteiger charge is -2.07. The van der Waals surface area contributed by atoms with Crippen LogP contribution in [0.5, 0.6) is 11.5 Å². The van der Waals surface area contributed by atoms with Crippen molar-refractivity contribution in [3.63, 3.8) is 0 Å². The minimum absolute atomic E-state index is 0.234. The average Bonchev–Trinajstić information content (AvgIpc) is 2.95. The minimum Gasteiger partial charge on any atom is -0.461 e. The summed E-state index contributed by atoms with van der Waals surface area (Å²) in [6.07, 6.45) is 0.289. The zero-order valence-electron chi connectivity index (χ0n) is 11.8. The van der Waals surface area contributed by atoms with Gasteiger partial charge in [0, 0.05) is 0 Å². The predicted molar refractivity (Wildman–Crippen MR) is 77.2 cm³/mol. The van der Waals surface area contributed by atoms with Crippen LogP contribution in [0.2, 0.25) is 0 Å². The van der Waals surface area contributed by atoms with E-state index in [-0.39, 0.29) is 25.8 Å². The molecule has 0 unspecified atom stereocenters. The van der Waals surface area contributed by atoms with E-state index in [1.807, 2.05) is 49.4 Å². The molecule has 0 fully saturated rings. The highest BCUT2D eigenvalue weighted by atomic mass is 16.7. The van der Waals surface area contributed by atoms with Gasteiger partial charge in [-0.05, 0) is 35.7 Å². The summed E-state index contributed by atoms with van der Waals surface area (Å²) in [4.78, 5) is 11.9. The molecule has 0 spiro atoms. The maximum absolute atomic E-state index is 11.9. The first kappa shape index (κ1) is 13.5. The van der Waals surface area contributed by atoms with Gasteiger partial charge in [0.25, 0.3) is 0 Å². The van der Waals surface area contributed by atoms with Crippen LogP contribution in [0.3, 0.4) is 0 Å². The van der Waals surface area contributed by atoms with E-state index in [0.29, 0.717) is 5.75 Å². The molecule has 0 saturated carbocycles. The van der Waals surface area contributed by atoms with Gasteiger partial charge in [-0.25, -0.2) is 0 Å². The zero-order valence-corrected chi connectivity index (χ0v) is 11.8. The summed E-state index contributed by atoms with van der Waals surface area (Å²) in [5, 5.41) is 0. The van der Waals surface area contributed by atoms with E-state index in [1.165, 1.54) is 0 Å². The van der Waals surface area contributed by atoms with Crippen molar-refractivity contribution in [3.05, 3.63) is 59.2 Å². The van der Waals surface area contributed by atoms with Crippen LogP contribution in [0.25, 0.3) is 0 Å². The second-order valence-electron chi connectivity index (χ2n) is 4.95. The molecule has 0 amide bonds. The van der Waals surface area contributed by atoms with Crippen molar-refractivity contribution in [2.24, 2.45) is 0 Å². The Morgan fingerprint density at radius 3 is 2.81 bits per heavy atom. The summed E-state index contributed by atoms with van der Waals surface area (Å²) in [5.74, 6) is 1.19. The molecule has 0 N–H and O–H groups in total. The molecule has 4 heteroatoms. The fourth-order valence-corrected chi connectivity index (χ4v) is 2.21. The maximum atomic E-state index is 11.9. The normalized spacial score (nSPS) is 12.2. The van der Waals surface area contributed by atoms with E-state index >= 15 is 0 Å². The largest absolute Gasteiger partial charge is 0.461 e. The lowest BCUT2D eigenvalue weighted by Crippen LogP contribution is -2.08. The maximum Gasteiger partial charge on any atom is 0.310 e. The summed E-state index contributed by atoms with van der Waals surface area (Å²) in [6.45, 7) is 2.47. The molecule has 0 atom stereocenters. The molecule has 0 bridgehead atoms. The number of benzene rings is 2. The fourth-order valence-electron chi connectivity index (χ4n) is 2.21. The fraction of sp³-hybridized carbons (Fsp3) is 0.235. The van der Waals surface area contributed by atoms with Gasteiger partial charge in [0.1, 0.15) is 6.61 Å². The second-order valence-corrected chi connectivity index (χ2v) is 4.95. The second kappa shape index (κ2) is 5.87. The van der Waals surface area contributed by atoms with Gasteiger partial charge in [-0.15, -0.1) is 0 Å². The topological polar surface area (TPSA) is 44.8 Å². The van der Waals surface area contributed by atoms with E-state index in [9.17, 15) is 4.79 Å². The van der Waals surface area contributed by atoms with Crippen molar-refractivity contribution in [2.75, 3.05) is 6.79 Å². The molecular weight excluding hydrogens is 268 g/mol. The van der Waals surface area contributed by atoms with Crippen LogP contribution in [-0.4, -0.2) is 12.8 Å². The van der Waals surface area contributed by atoms with E-state index in [2.05, 4.69) is 0 Å². The number of fused-ring (bicyclic) bond motifs is 1. The van der Waals surface area contributed by atoms with E-state index in [4.69, 9.17) is 14.2 Å². The third-order valence-electron chi connectivity index (χ3n) is 3.43. The molecule has 1 aliphatic rings.